The topological polar surface area (TPSA) is 38.9 Å². The van der Waals surface area contributed by atoms with Gasteiger partial charge < -0.3 is 5.73 Å². The molecule has 1 atom stereocenters. The first-order chi connectivity index (χ1) is 6.06. The lowest BCUT2D eigenvalue weighted by atomic mass is 10.0. The van der Waals surface area contributed by atoms with Crippen LogP contribution in [0.1, 0.15) is 36.3 Å². The van der Waals surface area contributed by atoms with Crippen molar-refractivity contribution in [2.75, 3.05) is 0 Å². The van der Waals surface area contributed by atoms with Crippen molar-refractivity contribution < 1.29 is 0 Å². The third kappa shape index (κ3) is 2.20. The van der Waals surface area contributed by atoms with E-state index >= 15 is 0 Å². The van der Waals surface area contributed by atoms with E-state index in [4.69, 9.17) is 17.3 Å². The van der Waals surface area contributed by atoms with E-state index in [-0.39, 0.29) is 6.04 Å². The predicted molar refractivity (Wildman–Crippen MR) is 55.9 cm³/mol. The van der Waals surface area contributed by atoms with Gasteiger partial charge in [0.1, 0.15) is 0 Å². The van der Waals surface area contributed by atoms with Crippen molar-refractivity contribution in [3.05, 3.63) is 28.0 Å². The summed E-state index contributed by atoms with van der Waals surface area (Å²) < 4.78 is 0. The molecule has 0 aliphatic heterocycles. The average molecular weight is 199 g/mol. The molecule has 0 aliphatic rings. The highest BCUT2D eigenvalue weighted by atomic mass is 35.5. The van der Waals surface area contributed by atoms with E-state index in [1.54, 1.807) is 0 Å². The number of nitrogens with zero attached hydrogens (tertiary/aromatic N) is 1. The van der Waals surface area contributed by atoms with E-state index in [1.807, 2.05) is 26.8 Å². The van der Waals surface area contributed by atoms with E-state index < -0.39 is 0 Å². The summed E-state index contributed by atoms with van der Waals surface area (Å²) >= 11 is 6.09. The fraction of sp³-hybridized carbons (Fsp3) is 0.500. The summed E-state index contributed by atoms with van der Waals surface area (Å²) in [5.74, 6) is 0. The molecule has 72 valence electrons. The van der Waals surface area contributed by atoms with Crippen LogP contribution >= 0.6 is 11.6 Å². The molecule has 3 heteroatoms. The molecule has 0 aliphatic carbocycles. The highest BCUT2D eigenvalue weighted by Gasteiger charge is 2.12. The van der Waals surface area contributed by atoms with Crippen LogP contribution < -0.4 is 5.73 Å². The number of nitrogens with two attached hydrogens (primary N) is 1. The van der Waals surface area contributed by atoms with Crippen LogP contribution in [-0.2, 0) is 0 Å². The van der Waals surface area contributed by atoms with E-state index in [2.05, 4.69) is 4.98 Å². The van der Waals surface area contributed by atoms with Gasteiger partial charge in [0.15, 0.2) is 0 Å². The summed E-state index contributed by atoms with van der Waals surface area (Å²) in [6, 6.07) is 1.86. The lowest BCUT2D eigenvalue weighted by Gasteiger charge is -2.14. The Balaban J connectivity index is 3.20. The number of hydrogen-bond acceptors (Lipinski definition) is 2. The second-order valence-corrected chi connectivity index (χ2v) is 3.67. The van der Waals surface area contributed by atoms with Crippen molar-refractivity contribution >= 4 is 11.6 Å². The number of aryl methyl sites for hydroxylation is 2. The Morgan fingerprint density at radius 2 is 2.15 bits per heavy atom. The molecule has 0 unspecified atom stereocenters. The van der Waals surface area contributed by atoms with Crippen LogP contribution in [0.3, 0.4) is 0 Å². The zero-order chi connectivity index (χ0) is 10.0. The summed E-state index contributed by atoms with van der Waals surface area (Å²) in [6.07, 6.45) is 0.880. The standard InChI is InChI=1S/C10H15ClN2/c1-4-9(12)10-7(3)13-6(2)5-8(10)11/h5,9H,4,12H2,1-3H3/t9-/m1/s1. The maximum Gasteiger partial charge on any atom is 0.0489 e. The Morgan fingerprint density at radius 3 is 2.62 bits per heavy atom. The van der Waals surface area contributed by atoms with Gasteiger partial charge in [-0.3, -0.25) is 4.98 Å². The normalized spacial score (nSPS) is 13.0. The average Bonchev–Trinajstić information content (AvgIpc) is 2.02. The molecule has 2 N–H and O–H groups in total. The largest absolute Gasteiger partial charge is 0.324 e. The fourth-order valence-corrected chi connectivity index (χ4v) is 1.88. The third-order valence-corrected chi connectivity index (χ3v) is 2.45. The first-order valence-corrected chi connectivity index (χ1v) is 4.83. The first-order valence-electron chi connectivity index (χ1n) is 4.45. The van der Waals surface area contributed by atoms with Gasteiger partial charge in [-0.1, -0.05) is 18.5 Å². The van der Waals surface area contributed by atoms with Crippen LogP contribution in [0.4, 0.5) is 0 Å². The lowest BCUT2D eigenvalue weighted by molar-refractivity contribution is 0.688. The van der Waals surface area contributed by atoms with Gasteiger partial charge in [-0.25, -0.2) is 0 Å². The van der Waals surface area contributed by atoms with Gasteiger partial charge in [-0.15, -0.1) is 0 Å². The van der Waals surface area contributed by atoms with Crippen LogP contribution in [0.5, 0.6) is 0 Å². The van der Waals surface area contributed by atoms with Crippen LogP contribution in [0.2, 0.25) is 5.02 Å². The minimum atomic E-state index is 0.000556. The van der Waals surface area contributed by atoms with Crippen molar-refractivity contribution in [3.8, 4) is 0 Å². The summed E-state index contributed by atoms with van der Waals surface area (Å²) in [4.78, 5) is 4.34. The van der Waals surface area contributed by atoms with Crippen LogP contribution in [0.15, 0.2) is 6.07 Å². The summed E-state index contributed by atoms with van der Waals surface area (Å²) in [7, 11) is 0. The molecular weight excluding hydrogens is 184 g/mol. The molecule has 0 amide bonds. The van der Waals surface area contributed by atoms with Crippen LogP contribution in [-0.4, -0.2) is 4.98 Å². The SMILES string of the molecule is CC[C@@H](N)c1c(Cl)cc(C)nc1C. The van der Waals surface area contributed by atoms with Gasteiger partial charge >= 0.3 is 0 Å². The van der Waals surface area contributed by atoms with E-state index in [0.29, 0.717) is 0 Å². The molecule has 1 aromatic rings. The zero-order valence-corrected chi connectivity index (χ0v) is 9.02. The van der Waals surface area contributed by atoms with Crippen molar-refractivity contribution in [1.82, 2.24) is 4.98 Å². The summed E-state index contributed by atoms with van der Waals surface area (Å²) in [5.41, 5.74) is 8.79. The molecule has 13 heavy (non-hydrogen) atoms. The van der Waals surface area contributed by atoms with Gasteiger partial charge in [0.2, 0.25) is 0 Å². The van der Waals surface area contributed by atoms with Crippen LogP contribution in [0, 0.1) is 13.8 Å². The molecule has 0 bridgehead atoms. The van der Waals surface area contributed by atoms with Crippen molar-refractivity contribution in [2.45, 2.75) is 33.2 Å². The highest BCUT2D eigenvalue weighted by Crippen LogP contribution is 2.26. The smallest absolute Gasteiger partial charge is 0.0489 e. The minimum absolute atomic E-state index is 0.000556. The zero-order valence-electron chi connectivity index (χ0n) is 8.26. The molecule has 0 saturated carbocycles. The monoisotopic (exact) mass is 198 g/mol. The Morgan fingerprint density at radius 1 is 1.54 bits per heavy atom. The van der Waals surface area contributed by atoms with Crippen molar-refractivity contribution in [1.29, 1.82) is 0 Å². The summed E-state index contributed by atoms with van der Waals surface area (Å²) in [5, 5.41) is 0.736. The minimum Gasteiger partial charge on any atom is -0.324 e. The van der Waals surface area contributed by atoms with E-state index in [1.165, 1.54) is 0 Å². The molecule has 0 radical (unpaired) electrons. The van der Waals surface area contributed by atoms with Gasteiger partial charge in [-0.2, -0.15) is 0 Å². The number of rotatable bonds is 2. The first kappa shape index (κ1) is 10.5. The van der Waals surface area contributed by atoms with Crippen molar-refractivity contribution in [3.63, 3.8) is 0 Å². The van der Waals surface area contributed by atoms with Gasteiger partial charge in [0.05, 0.1) is 0 Å². The molecule has 0 spiro atoms. The Kier molecular flexibility index (Phi) is 3.28. The predicted octanol–water partition coefficient (Wildman–Crippen LogP) is 2.76. The van der Waals surface area contributed by atoms with Gasteiger partial charge in [0, 0.05) is 28.0 Å². The lowest BCUT2D eigenvalue weighted by Crippen LogP contribution is -2.12. The van der Waals surface area contributed by atoms with E-state index in [0.717, 1.165) is 28.4 Å². The molecule has 1 aromatic heterocycles. The number of pyridine rings is 1. The van der Waals surface area contributed by atoms with Crippen molar-refractivity contribution in [2.24, 2.45) is 5.73 Å². The molecule has 1 heterocycles. The van der Waals surface area contributed by atoms with Gasteiger partial charge in [-0.05, 0) is 26.3 Å². The molecule has 2 nitrogen and oxygen atoms in total. The Labute approximate surface area is 84.1 Å². The van der Waals surface area contributed by atoms with E-state index in [9.17, 15) is 0 Å². The second-order valence-electron chi connectivity index (χ2n) is 3.26. The molecule has 0 fully saturated rings. The maximum atomic E-state index is 6.09. The molecule has 0 saturated heterocycles. The van der Waals surface area contributed by atoms with Crippen LogP contribution in [0.25, 0.3) is 0 Å². The number of hydrogen-bond donors (Lipinski definition) is 1. The molecule has 1 rings (SSSR count). The summed E-state index contributed by atoms with van der Waals surface area (Å²) in [6.45, 7) is 5.92. The quantitative estimate of drug-likeness (QED) is 0.794. The Hall–Kier alpha value is -0.600. The van der Waals surface area contributed by atoms with Gasteiger partial charge in [0.25, 0.3) is 0 Å². The molecular formula is C10H15ClN2. The number of aromatic nitrogens is 1. The highest BCUT2D eigenvalue weighted by molar-refractivity contribution is 6.31. The third-order valence-electron chi connectivity index (χ3n) is 2.14. The molecule has 0 aromatic carbocycles. The maximum absolute atomic E-state index is 6.09. The Bertz CT molecular complexity index is 287. The number of halogens is 1. The fourth-order valence-electron chi connectivity index (χ4n) is 1.44. The second kappa shape index (κ2) is 4.07.